The number of carbonyl (C=O) groups excluding carboxylic acids is 1. The van der Waals surface area contributed by atoms with Gasteiger partial charge in [-0.05, 0) is 32.6 Å². The number of aryl methyl sites for hydroxylation is 2. The lowest BCUT2D eigenvalue weighted by atomic mass is 10.2. The number of halogens is 1. The van der Waals surface area contributed by atoms with Crippen molar-refractivity contribution in [2.24, 2.45) is 11.7 Å². The molecule has 7 nitrogen and oxygen atoms in total. The lowest BCUT2D eigenvalue weighted by Crippen LogP contribution is -2.39. The Bertz CT molecular complexity index is 652. The number of esters is 1. The van der Waals surface area contributed by atoms with Gasteiger partial charge in [-0.25, -0.2) is 17.9 Å². The van der Waals surface area contributed by atoms with Crippen LogP contribution in [0.4, 0.5) is 0 Å². The minimum atomic E-state index is -3.88. The van der Waals surface area contributed by atoms with Crippen LogP contribution in [0.2, 0.25) is 0 Å². The minimum absolute atomic E-state index is 0. The summed E-state index contributed by atoms with van der Waals surface area (Å²) in [5.74, 6) is 0.00258. The summed E-state index contributed by atoms with van der Waals surface area (Å²) in [4.78, 5) is 11.6. The summed E-state index contributed by atoms with van der Waals surface area (Å²) in [5, 5.41) is 0. The van der Waals surface area contributed by atoms with Crippen molar-refractivity contribution in [2.45, 2.75) is 37.6 Å². The summed E-state index contributed by atoms with van der Waals surface area (Å²) in [6, 6.07) is -0.213. The van der Waals surface area contributed by atoms with Crippen LogP contribution in [0.5, 0.6) is 0 Å². The fraction of sp³-hybridized carbons (Fsp3) is 0.615. The molecule has 9 heteroatoms. The molecular formula is C13H21ClN2O5S. The molecule has 1 aromatic heterocycles. The first-order valence-electron chi connectivity index (χ1n) is 6.71. The van der Waals surface area contributed by atoms with Crippen LogP contribution < -0.4 is 10.5 Å². The number of nitrogens with one attached hydrogen (secondary N) is 1. The summed E-state index contributed by atoms with van der Waals surface area (Å²) >= 11 is 0. The van der Waals surface area contributed by atoms with Gasteiger partial charge in [-0.2, -0.15) is 0 Å². The molecule has 1 saturated carbocycles. The maximum absolute atomic E-state index is 12.4. The molecule has 0 aliphatic heterocycles. The highest BCUT2D eigenvalue weighted by atomic mass is 35.5. The van der Waals surface area contributed by atoms with Gasteiger partial charge in [0.2, 0.25) is 10.0 Å². The first-order chi connectivity index (χ1) is 9.77. The van der Waals surface area contributed by atoms with Gasteiger partial charge >= 0.3 is 5.97 Å². The topological polar surface area (TPSA) is 112 Å². The molecule has 1 atom stereocenters. The molecule has 1 aliphatic rings. The zero-order valence-corrected chi connectivity index (χ0v) is 14.3. The van der Waals surface area contributed by atoms with Crippen LogP contribution >= 0.6 is 12.4 Å². The number of carbonyl (C=O) groups is 1. The second kappa shape index (κ2) is 6.99. The molecule has 1 unspecified atom stereocenters. The van der Waals surface area contributed by atoms with Crippen LogP contribution in [-0.4, -0.2) is 34.1 Å². The molecule has 2 rings (SSSR count). The number of ether oxygens (including phenoxy) is 1. The number of furan rings is 1. The largest absolute Gasteiger partial charge is 0.465 e. The molecule has 0 bridgehead atoms. The van der Waals surface area contributed by atoms with Gasteiger partial charge in [0, 0.05) is 12.6 Å². The minimum Gasteiger partial charge on any atom is -0.465 e. The van der Waals surface area contributed by atoms with Crippen molar-refractivity contribution < 1.29 is 22.4 Å². The van der Waals surface area contributed by atoms with E-state index in [1.807, 2.05) is 0 Å². The zero-order valence-electron chi connectivity index (χ0n) is 12.7. The van der Waals surface area contributed by atoms with Crippen molar-refractivity contribution in [3.05, 3.63) is 17.1 Å². The van der Waals surface area contributed by atoms with E-state index in [-0.39, 0.29) is 47.0 Å². The standard InChI is InChI=1S/C13H20N2O5S.ClH/c1-7-11(13(16)19-3)12(8(2)20-7)21(17,18)15-6-10(14)9-4-5-9;/h9-10,15H,4-6,14H2,1-3H3;1H. The van der Waals surface area contributed by atoms with E-state index in [2.05, 4.69) is 9.46 Å². The van der Waals surface area contributed by atoms with Gasteiger partial charge in [0.15, 0.2) is 0 Å². The van der Waals surface area contributed by atoms with E-state index in [0.717, 1.165) is 12.8 Å². The van der Waals surface area contributed by atoms with Gasteiger partial charge in [-0.1, -0.05) is 0 Å². The Labute approximate surface area is 136 Å². The van der Waals surface area contributed by atoms with Crippen molar-refractivity contribution in [3.8, 4) is 0 Å². The quantitative estimate of drug-likeness (QED) is 0.742. The highest BCUT2D eigenvalue weighted by Crippen LogP contribution is 2.32. The van der Waals surface area contributed by atoms with Gasteiger partial charge in [0.1, 0.15) is 22.0 Å². The summed E-state index contributed by atoms with van der Waals surface area (Å²) < 4.78 is 37.2. The van der Waals surface area contributed by atoms with Crippen molar-refractivity contribution in [2.75, 3.05) is 13.7 Å². The molecule has 0 amide bonds. The molecule has 1 aliphatic carbocycles. The summed E-state index contributed by atoms with van der Waals surface area (Å²) in [7, 11) is -2.69. The molecule has 22 heavy (non-hydrogen) atoms. The molecule has 1 aromatic rings. The second-order valence-electron chi connectivity index (χ2n) is 5.26. The van der Waals surface area contributed by atoms with Crippen molar-refractivity contribution in [1.29, 1.82) is 0 Å². The fourth-order valence-electron chi connectivity index (χ4n) is 2.29. The van der Waals surface area contributed by atoms with Crippen LogP contribution in [-0.2, 0) is 14.8 Å². The number of rotatable bonds is 6. The third-order valence-electron chi connectivity index (χ3n) is 3.60. The maximum atomic E-state index is 12.4. The molecule has 0 aromatic carbocycles. The molecule has 0 saturated heterocycles. The lowest BCUT2D eigenvalue weighted by molar-refractivity contribution is 0.0595. The molecule has 1 fully saturated rings. The lowest BCUT2D eigenvalue weighted by Gasteiger charge is -2.12. The smallest absolute Gasteiger partial charge is 0.342 e. The van der Waals surface area contributed by atoms with Crippen molar-refractivity contribution in [1.82, 2.24) is 4.72 Å². The van der Waals surface area contributed by atoms with E-state index in [4.69, 9.17) is 10.2 Å². The number of methoxy groups -OCH3 is 1. The van der Waals surface area contributed by atoms with Crippen LogP contribution in [0.25, 0.3) is 0 Å². The Hall–Kier alpha value is -1.09. The van der Waals surface area contributed by atoms with E-state index < -0.39 is 16.0 Å². The Morgan fingerprint density at radius 2 is 2.00 bits per heavy atom. The Kier molecular flexibility index (Phi) is 6.03. The third-order valence-corrected chi connectivity index (χ3v) is 5.18. The van der Waals surface area contributed by atoms with Gasteiger partial charge in [0.25, 0.3) is 0 Å². The first kappa shape index (κ1) is 19.0. The second-order valence-corrected chi connectivity index (χ2v) is 6.97. The predicted octanol–water partition coefficient (Wildman–Crippen LogP) is 1.12. The number of sulfonamides is 1. The van der Waals surface area contributed by atoms with Crippen molar-refractivity contribution in [3.63, 3.8) is 0 Å². The van der Waals surface area contributed by atoms with E-state index in [1.165, 1.54) is 21.0 Å². The Morgan fingerprint density at radius 3 is 2.50 bits per heavy atom. The van der Waals surface area contributed by atoms with Gasteiger partial charge in [0.05, 0.1) is 7.11 Å². The van der Waals surface area contributed by atoms with Crippen LogP contribution in [0.1, 0.15) is 34.7 Å². The zero-order chi connectivity index (χ0) is 15.8. The van der Waals surface area contributed by atoms with E-state index in [0.29, 0.717) is 5.92 Å². The van der Waals surface area contributed by atoms with Gasteiger partial charge in [-0.3, -0.25) is 0 Å². The molecular weight excluding hydrogens is 332 g/mol. The van der Waals surface area contributed by atoms with Crippen LogP contribution in [0.3, 0.4) is 0 Å². The molecule has 1 heterocycles. The molecule has 126 valence electrons. The normalized spacial score (nSPS) is 16.0. The monoisotopic (exact) mass is 352 g/mol. The number of hydrogen-bond acceptors (Lipinski definition) is 6. The fourth-order valence-corrected chi connectivity index (χ4v) is 3.77. The Balaban J connectivity index is 0.00000242. The highest BCUT2D eigenvalue weighted by Gasteiger charge is 2.33. The predicted molar refractivity (Wildman–Crippen MR) is 82.7 cm³/mol. The van der Waals surface area contributed by atoms with Crippen LogP contribution in [0, 0.1) is 19.8 Å². The summed E-state index contributed by atoms with van der Waals surface area (Å²) in [6.45, 7) is 3.15. The van der Waals surface area contributed by atoms with Gasteiger partial charge < -0.3 is 14.9 Å². The van der Waals surface area contributed by atoms with E-state index >= 15 is 0 Å². The molecule has 0 spiro atoms. The highest BCUT2D eigenvalue weighted by molar-refractivity contribution is 7.89. The third kappa shape index (κ3) is 3.81. The summed E-state index contributed by atoms with van der Waals surface area (Å²) in [6.07, 6.45) is 2.06. The maximum Gasteiger partial charge on any atom is 0.342 e. The SMILES string of the molecule is COC(=O)c1c(C)oc(C)c1S(=O)(=O)NCC(N)C1CC1.Cl. The molecule has 3 N–H and O–H groups in total. The van der Waals surface area contributed by atoms with E-state index in [1.54, 1.807) is 0 Å². The van der Waals surface area contributed by atoms with Crippen LogP contribution in [0.15, 0.2) is 9.31 Å². The van der Waals surface area contributed by atoms with Crippen molar-refractivity contribution >= 4 is 28.4 Å². The van der Waals surface area contributed by atoms with E-state index in [9.17, 15) is 13.2 Å². The summed E-state index contributed by atoms with van der Waals surface area (Å²) in [5.41, 5.74) is 5.82. The first-order valence-corrected chi connectivity index (χ1v) is 8.19. The average Bonchev–Trinajstić information content (AvgIpc) is 3.20. The Morgan fingerprint density at radius 1 is 1.41 bits per heavy atom. The van der Waals surface area contributed by atoms with Gasteiger partial charge in [-0.15, -0.1) is 12.4 Å². The molecule has 0 radical (unpaired) electrons. The average molecular weight is 353 g/mol. The number of hydrogen-bond donors (Lipinski definition) is 2. The number of nitrogens with two attached hydrogens (primary N) is 1.